The molecule has 1 spiro atoms. The molecule has 0 atom stereocenters. The monoisotopic (exact) mass is 421 g/mol. The van der Waals surface area contributed by atoms with Crippen LogP contribution in [0, 0.1) is 0 Å². The van der Waals surface area contributed by atoms with Crippen molar-refractivity contribution in [2.45, 2.75) is 37.1 Å². The molecule has 1 aromatic heterocycles. The molecule has 2 aromatic rings. The van der Waals surface area contributed by atoms with Gasteiger partial charge < -0.3 is 24.3 Å². The highest BCUT2D eigenvalue weighted by atomic mass is 19.3. The number of pyridine rings is 1. The van der Waals surface area contributed by atoms with Crippen LogP contribution < -0.4 is 14.9 Å². The average Bonchev–Trinajstić information content (AvgIpc) is 2.69. The SMILES string of the molecule is COc1cc2c(cc1OCC(F)(F)CO)CC1(CCC1)n1cc(C(=O)O)c(=O)cc1-2. The van der Waals surface area contributed by atoms with Gasteiger partial charge in [-0.3, -0.25) is 4.79 Å². The van der Waals surface area contributed by atoms with E-state index in [9.17, 15) is 23.5 Å². The topological polar surface area (TPSA) is 98.0 Å². The molecule has 0 radical (unpaired) electrons. The molecule has 0 unspecified atom stereocenters. The van der Waals surface area contributed by atoms with Gasteiger partial charge in [-0.2, -0.15) is 0 Å². The van der Waals surface area contributed by atoms with Crippen LogP contribution in [0.4, 0.5) is 8.78 Å². The van der Waals surface area contributed by atoms with Gasteiger partial charge in [-0.05, 0) is 43.4 Å². The van der Waals surface area contributed by atoms with Crippen LogP contribution in [-0.4, -0.2) is 47.0 Å². The number of benzene rings is 1. The van der Waals surface area contributed by atoms with Crippen LogP contribution in [0.3, 0.4) is 0 Å². The number of fused-ring (bicyclic) bond motifs is 4. The molecule has 30 heavy (non-hydrogen) atoms. The fourth-order valence-corrected chi connectivity index (χ4v) is 4.22. The number of carboxylic acid groups (broad SMARTS) is 1. The number of nitrogens with zero attached hydrogens (tertiary/aromatic N) is 1. The molecule has 160 valence electrons. The van der Waals surface area contributed by atoms with E-state index in [2.05, 4.69) is 0 Å². The van der Waals surface area contributed by atoms with E-state index in [-0.39, 0.29) is 22.6 Å². The summed E-state index contributed by atoms with van der Waals surface area (Å²) in [5.41, 5.74) is 0.794. The maximum Gasteiger partial charge on any atom is 0.341 e. The number of alkyl halides is 2. The highest BCUT2D eigenvalue weighted by Crippen LogP contribution is 2.50. The van der Waals surface area contributed by atoms with Gasteiger partial charge in [0.2, 0.25) is 0 Å². The molecule has 2 heterocycles. The van der Waals surface area contributed by atoms with E-state index in [0.717, 1.165) is 24.8 Å². The van der Waals surface area contributed by atoms with Crippen molar-refractivity contribution in [1.82, 2.24) is 4.57 Å². The molecule has 0 amide bonds. The number of ether oxygens (including phenoxy) is 2. The number of aromatic nitrogens is 1. The Balaban J connectivity index is 1.84. The van der Waals surface area contributed by atoms with Crippen LogP contribution in [0.2, 0.25) is 0 Å². The minimum absolute atomic E-state index is 0.122. The Hall–Kier alpha value is -2.94. The van der Waals surface area contributed by atoms with Crippen LogP contribution >= 0.6 is 0 Å². The van der Waals surface area contributed by atoms with Crippen LogP contribution in [0.15, 0.2) is 29.2 Å². The highest BCUT2D eigenvalue weighted by molar-refractivity contribution is 5.88. The largest absolute Gasteiger partial charge is 0.493 e. The van der Waals surface area contributed by atoms with Gasteiger partial charge in [0, 0.05) is 23.4 Å². The molecule has 1 fully saturated rings. The third kappa shape index (κ3) is 3.23. The fraction of sp³-hybridized carbons (Fsp3) is 0.429. The maximum atomic E-state index is 13.4. The molecule has 9 heteroatoms. The van der Waals surface area contributed by atoms with Crippen molar-refractivity contribution >= 4 is 5.97 Å². The zero-order chi connectivity index (χ0) is 21.7. The van der Waals surface area contributed by atoms with E-state index >= 15 is 0 Å². The fourth-order valence-electron chi connectivity index (χ4n) is 4.22. The minimum atomic E-state index is -3.39. The number of methoxy groups -OCH3 is 1. The van der Waals surface area contributed by atoms with Crippen LogP contribution in [0.5, 0.6) is 11.5 Å². The second-order valence-electron chi connectivity index (χ2n) is 7.83. The first kappa shape index (κ1) is 20.3. The number of carboxylic acids is 1. The van der Waals surface area contributed by atoms with Crippen molar-refractivity contribution < 1.29 is 33.3 Å². The Kier molecular flexibility index (Phi) is 4.80. The number of aromatic carboxylic acids is 1. The Labute approximate surface area is 170 Å². The number of hydrogen-bond acceptors (Lipinski definition) is 5. The van der Waals surface area contributed by atoms with Crippen molar-refractivity contribution in [2.75, 3.05) is 20.3 Å². The van der Waals surface area contributed by atoms with E-state index in [1.807, 2.05) is 4.57 Å². The third-order valence-electron chi connectivity index (χ3n) is 5.93. The normalized spacial score (nSPS) is 16.4. The molecule has 4 rings (SSSR count). The van der Waals surface area contributed by atoms with Crippen molar-refractivity contribution in [3.8, 4) is 22.8 Å². The molecule has 1 aliphatic carbocycles. The zero-order valence-corrected chi connectivity index (χ0v) is 16.3. The number of rotatable bonds is 6. The summed E-state index contributed by atoms with van der Waals surface area (Å²) in [7, 11) is 1.37. The molecule has 1 aliphatic heterocycles. The second-order valence-corrected chi connectivity index (χ2v) is 7.83. The lowest BCUT2D eigenvalue weighted by molar-refractivity contribution is -0.0804. The van der Waals surface area contributed by atoms with Crippen molar-refractivity contribution in [1.29, 1.82) is 0 Å². The Morgan fingerprint density at radius 1 is 1.27 bits per heavy atom. The molecular formula is C21H21F2NO6. The van der Waals surface area contributed by atoms with E-state index in [0.29, 0.717) is 17.7 Å². The molecule has 1 aromatic carbocycles. The maximum absolute atomic E-state index is 13.4. The van der Waals surface area contributed by atoms with Gasteiger partial charge in [0.15, 0.2) is 23.5 Å². The number of aliphatic hydroxyl groups is 1. The summed E-state index contributed by atoms with van der Waals surface area (Å²) in [6.07, 6.45) is 4.54. The summed E-state index contributed by atoms with van der Waals surface area (Å²) in [6, 6.07) is 4.54. The zero-order valence-electron chi connectivity index (χ0n) is 16.3. The molecule has 0 saturated heterocycles. The van der Waals surface area contributed by atoms with Crippen molar-refractivity contribution in [3.63, 3.8) is 0 Å². The van der Waals surface area contributed by atoms with Gasteiger partial charge in [0.1, 0.15) is 12.2 Å². The molecule has 1 saturated carbocycles. The lowest BCUT2D eigenvalue weighted by atomic mass is 9.69. The van der Waals surface area contributed by atoms with Crippen LogP contribution in [0.25, 0.3) is 11.3 Å². The first-order valence-corrected chi connectivity index (χ1v) is 9.53. The van der Waals surface area contributed by atoms with Gasteiger partial charge >= 0.3 is 11.9 Å². The molecule has 7 nitrogen and oxygen atoms in total. The summed E-state index contributed by atoms with van der Waals surface area (Å²) in [5.74, 6) is -4.34. The molecular weight excluding hydrogens is 400 g/mol. The smallest absolute Gasteiger partial charge is 0.341 e. The first-order chi connectivity index (χ1) is 14.2. The second kappa shape index (κ2) is 7.09. The Bertz CT molecular complexity index is 1070. The lowest BCUT2D eigenvalue weighted by Gasteiger charge is -2.48. The van der Waals surface area contributed by atoms with E-state index < -0.39 is 30.5 Å². The molecule has 2 N–H and O–H groups in total. The van der Waals surface area contributed by atoms with E-state index in [1.54, 1.807) is 12.1 Å². The summed E-state index contributed by atoms with van der Waals surface area (Å²) < 4.78 is 39.3. The Morgan fingerprint density at radius 2 is 2.00 bits per heavy atom. The Morgan fingerprint density at radius 3 is 2.57 bits per heavy atom. The average molecular weight is 421 g/mol. The molecule has 2 aliphatic rings. The number of carbonyl (C=O) groups is 1. The summed E-state index contributed by atoms with van der Waals surface area (Å²) in [5, 5.41) is 18.1. The minimum Gasteiger partial charge on any atom is -0.493 e. The predicted molar refractivity (Wildman–Crippen MR) is 103 cm³/mol. The quantitative estimate of drug-likeness (QED) is 0.744. The van der Waals surface area contributed by atoms with Gasteiger partial charge in [0.25, 0.3) is 0 Å². The third-order valence-corrected chi connectivity index (χ3v) is 5.93. The molecule has 0 bridgehead atoms. The van der Waals surface area contributed by atoms with Gasteiger partial charge in [-0.15, -0.1) is 0 Å². The van der Waals surface area contributed by atoms with Crippen LogP contribution in [0.1, 0.15) is 35.2 Å². The predicted octanol–water partition coefficient (Wildman–Crippen LogP) is 2.66. The van der Waals surface area contributed by atoms with Gasteiger partial charge in [0.05, 0.1) is 12.8 Å². The van der Waals surface area contributed by atoms with Crippen molar-refractivity contribution in [2.24, 2.45) is 0 Å². The van der Waals surface area contributed by atoms with Crippen LogP contribution in [-0.2, 0) is 12.0 Å². The standard InChI is InChI=1S/C21H21F2NO6/c1-29-17-6-13-12(5-18(17)30-11-21(22,23)10-25)8-20(3-2-4-20)24-9-14(19(27)28)16(26)7-15(13)24/h5-7,9,25H,2-4,8,10-11H2,1H3,(H,27,28). The van der Waals surface area contributed by atoms with Crippen molar-refractivity contribution in [3.05, 3.63) is 45.7 Å². The number of hydrogen-bond donors (Lipinski definition) is 2. The van der Waals surface area contributed by atoms with Gasteiger partial charge in [-0.1, -0.05) is 0 Å². The first-order valence-electron chi connectivity index (χ1n) is 9.53. The van der Waals surface area contributed by atoms with E-state index in [4.69, 9.17) is 14.6 Å². The number of halogens is 2. The van der Waals surface area contributed by atoms with E-state index in [1.165, 1.54) is 19.4 Å². The summed E-state index contributed by atoms with van der Waals surface area (Å²) >= 11 is 0. The highest BCUT2D eigenvalue weighted by Gasteiger charge is 2.44. The summed E-state index contributed by atoms with van der Waals surface area (Å²) in [6.45, 7) is -2.33. The van der Waals surface area contributed by atoms with Gasteiger partial charge in [-0.25, -0.2) is 13.6 Å². The summed E-state index contributed by atoms with van der Waals surface area (Å²) in [4.78, 5) is 23.8. The lowest BCUT2D eigenvalue weighted by Crippen LogP contribution is -2.46. The number of aliphatic hydroxyl groups excluding tert-OH is 1.